The molecule has 1 saturated heterocycles. The molecule has 0 bridgehead atoms. The molecule has 4 nitrogen and oxygen atoms in total. The molecular formula is C15H19Cl2F2N3O. The van der Waals surface area contributed by atoms with Crippen LogP contribution >= 0.6 is 23.2 Å². The number of urea groups is 1. The van der Waals surface area contributed by atoms with E-state index >= 15 is 0 Å². The van der Waals surface area contributed by atoms with Gasteiger partial charge in [-0.05, 0) is 30.2 Å². The summed E-state index contributed by atoms with van der Waals surface area (Å²) in [6, 6.07) is 5.10. The lowest BCUT2D eigenvalue weighted by Gasteiger charge is -2.34. The monoisotopic (exact) mass is 365 g/mol. The highest BCUT2D eigenvalue weighted by molar-refractivity contribution is 6.34. The fourth-order valence-corrected chi connectivity index (χ4v) is 3.08. The lowest BCUT2D eigenvalue weighted by atomic mass is 10.1. The maximum absolute atomic E-state index is 12.3. The molecule has 128 valence electrons. The average molecular weight is 366 g/mol. The molecule has 0 aliphatic carbocycles. The molecule has 1 aliphatic rings. The number of nitrogens with zero attached hydrogens (tertiary/aromatic N) is 2. The summed E-state index contributed by atoms with van der Waals surface area (Å²) in [4.78, 5) is 15.4. The van der Waals surface area contributed by atoms with Gasteiger partial charge in [-0.15, -0.1) is 0 Å². The van der Waals surface area contributed by atoms with Gasteiger partial charge in [-0.2, -0.15) is 0 Å². The minimum absolute atomic E-state index is 0.171. The molecule has 1 N–H and O–H groups in total. The molecule has 23 heavy (non-hydrogen) atoms. The summed E-state index contributed by atoms with van der Waals surface area (Å²) in [5, 5.41) is 3.96. The van der Waals surface area contributed by atoms with Crippen LogP contribution in [0.1, 0.15) is 5.56 Å². The van der Waals surface area contributed by atoms with Crippen LogP contribution in [-0.2, 0) is 6.42 Å². The van der Waals surface area contributed by atoms with E-state index < -0.39 is 6.43 Å². The molecule has 1 aromatic rings. The number of hydrogen-bond donors (Lipinski definition) is 1. The van der Waals surface area contributed by atoms with Crippen molar-refractivity contribution < 1.29 is 13.6 Å². The first-order chi connectivity index (χ1) is 10.9. The van der Waals surface area contributed by atoms with E-state index in [0.29, 0.717) is 49.2 Å². The SMILES string of the molecule is O=C(NCCc1cc(Cl)cc(Cl)c1)N1CCN(CC(F)F)CC1. The van der Waals surface area contributed by atoms with Crippen LogP contribution in [0.5, 0.6) is 0 Å². The Morgan fingerprint density at radius 1 is 1.13 bits per heavy atom. The molecule has 1 fully saturated rings. The number of benzene rings is 1. The van der Waals surface area contributed by atoms with Gasteiger partial charge in [0.25, 0.3) is 6.43 Å². The van der Waals surface area contributed by atoms with Gasteiger partial charge in [-0.1, -0.05) is 23.2 Å². The van der Waals surface area contributed by atoms with Crippen molar-refractivity contribution in [1.82, 2.24) is 15.1 Å². The Kier molecular flexibility index (Phi) is 6.87. The molecule has 1 aliphatic heterocycles. The van der Waals surface area contributed by atoms with Gasteiger partial charge in [0, 0.05) is 42.8 Å². The van der Waals surface area contributed by atoms with Crippen molar-refractivity contribution in [2.75, 3.05) is 39.3 Å². The van der Waals surface area contributed by atoms with E-state index in [1.54, 1.807) is 15.9 Å². The fraction of sp³-hybridized carbons (Fsp3) is 0.533. The summed E-state index contributed by atoms with van der Waals surface area (Å²) in [5.41, 5.74) is 0.949. The molecule has 2 amide bonds. The average Bonchev–Trinajstić information content (AvgIpc) is 2.46. The number of piperazine rings is 1. The fourth-order valence-electron chi connectivity index (χ4n) is 2.51. The normalized spacial score (nSPS) is 16.0. The maximum Gasteiger partial charge on any atom is 0.317 e. The van der Waals surface area contributed by atoms with Crippen LogP contribution in [-0.4, -0.2) is 61.5 Å². The first kappa shape index (κ1) is 18.2. The van der Waals surface area contributed by atoms with E-state index in [9.17, 15) is 13.6 Å². The van der Waals surface area contributed by atoms with Crippen LogP contribution in [0.25, 0.3) is 0 Å². The molecule has 1 heterocycles. The minimum Gasteiger partial charge on any atom is -0.338 e. The van der Waals surface area contributed by atoms with Gasteiger partial charge < -0.3 is 10.2 Å². The van der Waals surface area contributed by atoms with Crippen LogP contribution in [0.4, 0.5) is 13.6 Å². The Labute approximate surface area is 144 Å². The summed E-state index contributed by atoms with van der Waals surface area (Å²) in [7, 11) is 0. The summed E-state index contributed by atoms with van der Waals surface area (Å²) >= 11 is 11.8. The van der Waals surface area contributed by atoms with E-state index in [0.717, 1.165) is 5.56 Å². The lowest BCUT2D eigenvalue weighted by Crippen LogP contribution is -2.52. The second-order valence-corrected chi connectivity index (χ2v) is 6.31. The molecule has 0 unspecified atom stereocenters. The van der Waals surface area contributed by atoms with Crippen molar-refractivity contribution in [2.24, 2.45) is 0 Å². The molecule has 8 heteroatoms. The third-order valence-corrected chi connectivity index (χ3v) is 4.10. The van der Waals surface area contributed by atoms with E-state index in [1.165, 1.54) is 0 Å². The first-order valence-electron chi connectivity index (χ1n) is 7.42. The van der Waals surface area contributed by atoms with Crippen LogP contribution in [0.3, 0.4) is 0 Å². The molecule has 2 rings (SSSR count). The second-order valence-electron chi connectivity index (χ2n) is 5.44. The molecular weight excluding hydrogens is 347 g/mol. The maximum atomic E-state index is 12.3. The highest BCUT2D eigenvalue weighted by Gasteiger charge is 2.22. The molecule has 1 aromatic carbocycles. The van der Waals surface area contributed by atoms with Crippen molar-refractivity contribution in [3.63, 3.8) is 0 Å². The van der Waals surface area contributed by atoms with Crippen molar-refractivity contribution >= 4 is 29.2 Å². The van der Waals surface area contributed by atoms with Crippen molar-refractivity contribution in [3.8, 4) is 0 Å². The van der Waals surface area contributed by atoms with Gasteiger partial charge in [-0.3, -0.25) is 4.90 Å². The largest absolute Gasteiger partial charge is 0.338 e. The number of carbonyl (C=O) groups is 1. The van der Waals surface area contributed by atoms with Crippen molar-refractivity contribution in [1.29, 1.82) is 0 Å². The number of hydrogen-bond acceptors (Lipinski definition) is 2. The summed E-state index contributed by atoms with van der Waals surface area (Å²) in [6.07, 6.45) is -1.71. The Bertz CT molecular complexity index is 517. The summed E-state index contributed by atoms with van der Waals surface area (Å²) < 4.78 is 24.6. The van der Waals surface area contributed by atoms with Crippen molar-refractivity contribution in [2.45, 2.75) is 12.8 Å². The lowest BCUT2D eigenvalue weighted by molar-refractivity contribution is 0.0637. The smallest absolute Gasteiger partial charge is 0.317 e. The number of rotatable bonds is 5. The third kappa shape index (κ3) is 6.12. The molecule has 0 aromatic heterocycles. The number of nitrogens with one attached hydrogen (secondary N) is 1. The minimum atomic E-state index is -2.33. The van der Waals surface area contributed by atoms with Crippen molar-refractivity contribution in [3.05, 3.63) is 33.8 Å². The zero-order chi connectivity index (χ0) is 16.8. The topological polar surface area (TPSA) is 35.6 Å². The zero-order valence-electron chi connectivity index (χ0n) is 12.6. The number of halogens is 4. The Hall–Kier alpha value is -1.11. The second kappa shape index (κ2) is 8.66. The Morgan fingerprint density at radius 3 is 2.30 bits per heavy atom. The van der Waals surface area contributed by atoms with Gasteiger partial charge in [0.1, 0.15) is 0 Å². The van der Waals surface area contributed by atoms with E-state index in [2.05, 4.69) is 5.32 Å². The molecule has 0 radical (unpaired) electrons. The van der Waals surface area contributed by atoms with E-state index in [4.69, 9.17) is 23.2 Å². The third-order valence-electron chi connectivity index (χ3n) is 3.67. The highest BCUT2D eigenvalue weighted by atomic mass is 35.5. The van der Waals surface area contributed by atoms with Gasteiger partial charge >= 0.3 is 6.03 Å². The number of carbonyl (C=O) groups excluding carboxylic acids is 1. The standard InChI is InChI=1S/C15H19Cl2F2N3O/c16-12-7-11(8-13(17)9-12)1-2-20-15(23)22-5-3-21(4-6-22)10-14(18)19/h7-9,14H,1-6,10H2,(H,20,23). The Morgan fingerprint density at radius 2 is 1.74 bits per heavy atom. The molecule has 0 atom stereocenters. The van der Waals surface area contributed by atoms with E-state index in [-0.39, 0.29) is 12.6 Å². The van der Waals surface area contributed by atoms with E-state index in [1.807, 2.05) is 12.1 Å². The predicted octanol–water partition coefficient (Wildman–Crippen LogP) is 3.13. The van der Waals surface area contributed by atoms with Crippen LogP contribution < -0.4 is 5.32 Å². The predicted molar refractivity (Wildman–Crippen MR) is 87.6 cm³/mol. The summed E-state index contributed by atoms with van der Waals surface area (Å²) in [6.45, 7) is 2.10. The van der Waals surface area contributed by atoms with Crippen LogP contribution in [0, 0.1) is 0 Å². The Balaban J connectivity index is 1.71. The number of alkyl halides is 2. The quantitative estimate of drug-likeness (QED) is 0.869. The van der Waals surface area contributed by atoms with Gasteiger partial charge in [-0.25, -0.2) is 13.6 Å². The highest BCUT2D eigenvalue weighted by Crippen LogP contribution is 2.19. The van der Waals surface area contributed by atoms with Gasteiger partial charge in [0.05, 0.1) is 6.54 Å². The first-order valence-corrected chi connectivity index (χ1v) is 8.18. The van der Waals surface area contributed by atoms with Gasteiger partial charge in [0.2, 0.25) is 0 Å². The van der Waals surface area contributed by atoms with Crippen LogP contribution in [0.2, 0.25) is 10.0 Å². The van der Waals surface area contributed by atoms with Crippen LogP contribution in [0.15, 0.2) is 18.2 Å². The molecule has 0 saturated carbocycles. The number of amides is 2. The summed E-state index contributed by atoms with van der Waals surface area (Å²) in [5.74, 6) is 0. The molecule has 0 spiro atoms. The zero-order valence-corrected chi connectivity index (χ0v) is 14.1. The van der Waals surface area contributed by atoms with Gasteiger partial charge in [0.15, 0.2) is 0 Å².